The van der Waals surface area contributed by atoms with Crippen LogP contribution in [0.5, 0.6) is 0 Å². The summed E-state index contributed by atoms with van der Waals surface area (Å²) in [7, 11) is 0. The van der Waals surface area contributed by atoms with Gasteiger partial charge in [0.15, 0.2) is 0 Å². The highest BCUT2D eigenvalue weighted by molar-refractivity contribution is 5.54. The minimum Gasteiger partial charge on any atom is -0.388 e. The summed E-state index contributed by atoms with van der Waals surface area (Å²) >= 11 is 0. The standard InChI is InChI=1S/C18H30N2O/c1-5-20(18(2,3)4)12-10-17(21)15-8-9-16-14(13-15)7-6-11-19-16/h8-9,13,17,19,21H,5-7,10-12H2,1-4H3. The second kappa shape index (κ2) is 6.80. The Hall–Kier alpha value is -1.06. The van der Waals surface area contributed by atoms with Gasteiger partial charge < -0.3 is 10.4 Å². The molecule has 0 bridgehead atoms. The highest BCUT2D eigenvalue weighted by Gasteiger charge is 2.21. The number of hydrogen-bond donors (Lipinski definition) is 2. The van der Waals surface area contributed by atoms with E-state index < -0.39 is 0 Å². The Morgan fingerprint density at radius 1 is 1.33 bits per heavy atom. The Bertz CT molecular complexity index is 465. The van der Waals surface area contributed by atoms with Crippen molar-refractivity contribution in [2.24, 2.45) is 0 Å². The molecule has 0 amide bonds. The van der Waals surface area contributed by atoms with Crippen molar-refractivity contribution in [1.29, 1.82) is 0 Å². The fraction of sp³-hybridized carbons (Fsp3) is 0.667. The Kier molecular flexibility index (Phi) is 5.28. The predicted octanol–water partition coefficient (Wildman–Crippen LogP) is 3.59. The average molecular weight is 290 g/mol. The van der Waals surface area contributed by atoms with E-state index in [9.17, 15) is 5.11 Å². The number of aliphatic hydroxyl groups is 1. The van der Waals surface area contributed by atoms with E-state index >= 15 is 0 Å². The summed E-state index contributed by atoms with van der Waals surface area (Å²) in [6.07, 6.45) is 2.72. The molecule has 118 valence electrons. The van der Waals surface area contributed by atoms with Crippen LogP contribution in [0.15, 0.2) is 18.2 Å². The average Bonchev–Trinajstić information content (AvgIpc) is 2.45. The Labute approximate surface area is 129 Å². The zero-order valence-electron chi connectivity index (χ0n) is 13.9. The lowest BCUT2D eigenvalue weighted by atomic mass is 9.97. The summed E-state index contributed by atoms with van der Waals surface area (Å²) in [6, 6.07) is 6.36. The van der Waals surface area contributed by atoms with E-state index in [2.05, 4.69) is 56.1 Å². The zero-order chi connectivity index (χ0) is 15.5. The highest BCUT2D eigenvalue weighted by Crippen LogP contribution is 2.27. The number of anilines is 1. The lowest BCUT2D eigenvalue weighted by Gasteiger charge is -2.35. The molecule has 3 heteroatoms. The SMILES string of the molecule is CCN(CCC(O)c1ccc2c(c1)CCCN2)C(C)(C)C. The van der Waals surface area contributed by atoms with Gasteiger partial charge in [0.25, 0.3) is 0 Å². The molecule has 0 aliphatic carbocycles. The number of aryl methyl sites for hydroxylation is 1. The molecular weight excluding hydrogens is 260 g/mol. The second-order valence-corrected chi connectivity index (χ2v) is 7.00. The molecule has 1 aromatic rings. The predicted molar refractivity (Wildman–Crippen MR) is 89.8 cm³/mol. The molecule has 2 rings (SSSR count). The van der Waals surface area contributed by atoms with Gasteiger partial charge in [-0.2, -0.15) is 0 Å². The molecule has 1 heterocycles. The molecule has 3 nitrogen and oxygen atoms in total. The van der Waals surface area contributed by atoms with E-state index in [0.717, 1.165) is 38.0 Å². The first-order valence-corrected chi connectivity index (χ1v) is 8.21. The largest absolute Gasteiger partial charge is 0.388 e. The van der Waals surface area contributed by atoms with E-state index in [4.69, 9.17) is 0 Å². The minimum atomic E-state index is -0.367. The molecule has 21 heavy (non-hydrogen) atoms. The first kappa shape index (κ1) is 16.3. The van der Waals surface area contributed by atoms with E-state index in [1.807, 2.05) is 0 Å². The van der Waals surface area contributed by atoms with Gasteiger partial charge >= 0.3 is 0 Å². The number of hydrogen-bond acceptors (Lipinski definition) is 3. The summed E-state index contributed by atoms with van der Waals surface area (Å²) in [5.41, 5.74) is 3.80. The van der Waals surface area contributed by atoms with Crippen LogP contribution >= 0.6 is 0 Å². The molecule has 1 aliphatic heterocycles. The molecule has 0 radical (unpaired) electrons. The van der Waals surface area contributed by atoms with Crippen molar-refractivity contribution in [3.8, 4) is 0 Å². The normalized spacial score (nSPS) is 16.5. The third-order valence-electron chi connectivity index (χ3n) is 4.46. The van der Waals surface area contributed by atoms with Gasteiger partial charge in [0.2, 0.25) is 0 Å². The summed E-state index contributed by atoms with van der Waals surface area (Å²) in [6.45, 7) is 11.9. The number of fused-ring (bicyclic) bond motifs is 1. The van der Waals surface area contributed by atoms with Crippen molar-refractivity contribution >= 4 is 5.69 Å². The van der Waals surface area contributed by atoms with Crippen LogP contribution in [0.3, 0.4) is 0 Å². The topological polar surface area (TPSA) is 35.5 Å². The third kappa shape index (κ3) is 4.21. The molecule has 1 aromatic carbocycles. The zero-order valence-corrected chi connectivity index (χ0v) is 13.9. The van der Waals surface area contributed by atoms with Gasteiger partial charge in [-0.05, 0) is 63.8 Å². The minimum absolute atomic E-state index is 0.161. The summed E-state index contributed by atoms with van der Waals surface area (Å²) in [5.74, 6) is 0. The Morgan fingerprint density at radius 3 is 2.76 bits per heavy atom. The monoisotopic (exact) mass is 290 g/mol. The van der Waals surface area contributed by atoms with Gasteiger partial charge in [-0.25, -0.2) is 0 Å². The molecule has 0 fully saturated rings. The number of nitrogens with zero attached hydrogens (tertiary/aromatic N) is 1. The van der Waals surface area contributed by atoms with Gasteiger partial charge in [-0.15, -0.1) is 0 Å². The molecule has 2 N–H and O–H groups in total. The lowest BCUT2D eigenvalue weighted by molar-refractivity contribution is 0.0997. The summed E-state index contributed by atoms with van der Waals surface area (Å²) < 4.78 is 0. The smallest absolute Gasteiger partial charge is 0.0802 e. The fourth-order valence-corrected chi connectivity index (χ4v) is 3.11. The maximum absolute atomic E-state index is 10.5. The van der Waals surface area contributed by atoms with Crippen LogP contribution in [0.25, 0.3) is 0 Å². The van der Waals surface area contributed by atoms with Crippen LogP contribution in [0, 0.1) is 0 Å². The Morgan fingerprint density at radius 2 is 2.10 bits per heavy atom. The van der Waals surface area contributed by atoms with Gasteiger partial charge in [-0.3, -0.25) is 4.90 Å². The van der Waals surface area contributed by atoms with Crippen molar-refractivity contribution in [1.82, 2.24) is 4.90 Å². The van der Waals surface area contributed by atoms with Gasteiger partial charge in [-0.1, -0.05) is 19.1 Å². The van der Waals surface area contributed by atoms with Crippen LogP contribution in [0.1, 0.15) is 57.8 Å². The van der Waals surface area contributed by atoms with E-state index in [1.165, 1.54) is 17.7 Å². The van der Waals surface area contributed by atoms with E-state index in [1.54, 1.807) is 0 Å². The molecule has 0 spiro atoms. The number of rotatable bonds is 5. The van der Waals surface area contributed by atoms with Gasteiger partial charge in [0.1, 0.15) is 0 Å². The van der Waals surface area contributed by atoms with Gasteiger partial charge in [0.05, 0.1) is 6.10 Å². The first-order chi connectivity index (χ1) is 9.91. The fourth-order valence-electron chi connectivity index (χ4n) is 3.11. The van der Waals surface area contributed by atoms with Crippen LogP contribution in [0.2, 0.25) is 0 Å². The van der Waals surface area contributed by atoms with E-state index in [0.29, 0.717) is 0 Å². The summed E-state index contributed by atoms with van der Waals surface area (Å²) in [5, 5.41) is 13.9. The van der Waals surface area contributed by atoms with Crippen molar-refractivity contribution in [2.75, 3.05) is 25.0 Å². The molecule has 0 saturated carbocycles. The lowest BCUT2D eigenvalue weighted by Crippen LogP contribution is -2.42. The number of aliphatic hydroxyl groups excluding tert-OH is 1. The van der Waals surface area contributed by atoms with Crippen molar-refractivity contribution in [3.05, 3.63) is 29.3 Å². The second-order valence-electron chi connectivity index (χ2n) is 7.00. The number of nitrogens with one attached hydrogen (secondary N) is 1. The first-order valence-electron chi connectivity index (χ1n) is 8.21. The van der Waals surface area contributed by atoms with Crippen LogP contribution in [-0.4, -0.2) is 35.2 Å². The third-order valence-corrected chi connectivity index (χ3v) is 4.46. The maximum Gasteiger partial charge on any atom is 0.0802 e. The number of benzene rings is 1. The van der Waals surface area contributed by atoms with Crippen molar-refractivity contribution in [3.63, 3.8) is 0 Å². The van der Waals surface area contributed by atoms with Crippen LogP contribution in [0.4, 0.5) is 5.69 Å². The van der Waals surface area contributed by atoms with Crippen LogP contribution < -0.4 is 5.32 Å². The molecular formula is C18H30N2O. The van der Waals surface area contributed by atoms with E-state index in [-0.39, 0.29) is 11.6 Å². The van der Waals surface area contributed by atoms with Crippen LogP contribution in [-0.2, 0) is 6.42 Å². The molecule has 0 aromatic heterocycles. The molecule has 1 atom stereocenters. The maximum atomic E-state index is 10.5. The molecule has 1 aliphatic rings. The molecule has 1 unspecified atom stereocenters. The van der Waals surface area contributed by atoms with Crippen molar-refractivity contribution < 1.29 is 5.11 Å². The Balaban J connectivity index is 1.98. The van der Waals surface area contributed by atoms with Gasteiger partial charge in [0, 0.05) is 24.3 Å². The summed E-state index contributed by atoms with van der Waals surface area (Å²) in [4.78, 5) is 2.41. The highest BCUT2D eigenvalue weighted by atomic mass is 16.3. The quantitative estimate of drug-likeness (QED) is 0.870. The van der Waals surface area contributed by atoms with Crippen molar-refractivity contribution in [2.45, 2.75) is 58.6 Å². The molecule has 0 saturated heterocycles.